The molecule has 1 fully saturated rings. The fourth-order valence-electron chi connectivity index (χ4n) is 3.65. The van der Waals surface area contributed by atoms with Gasteiger partial charge >= 0.3 is 0 Å². The Hall–Kier alpha value is -0.900. The van der Waals surface area contributed by atoms with Crippen molar-refractivity contribution in [2.45, 2.75) is 51.7 Å². The molecule has 3 atom stereocenters. The molecule has 21 heavy (non-hydrogen) atoms. The van der Waals surface area contributed by atoms with E-state index in [1.165, 1.54) is 6.42 Å². The molecule has 1 saturated carbocycles. The smallest absolute Gasteiger partial charge is 0.125 e. The molecule has 1 aromatic carbocycles. The Balaban J connectivity index is 2.00. The minimum atomic E-state index is -1.09. The zero-order valence-corrected chi connectivity index (χ0v) is 13.5. The molecule has 0 radical (unpaired) electrons. The third-order valence-corrected chi connectivity index (χ3v) is 4.55. The molecule has 3 heteroatoms. The number of hydrogen-bond donors (Lipinski definition) is 2. The SMILES string of the molecule is CC1CC(OCC(O)(CN)c2ccccc2)CC(C)(C)C1. The van der Waals surface area contributed by atoms with Crippen molar-refractivity contribution < 1.29 is 9.84 Å². The van der Waals surface area contributed by atoms with Gasteiger partial charge in [-0.2, -0.15) is 0 Å². The van der Waals surface area contributed by atoms with Crippen LogP contribution < -0.4 is 5.73 Å². The monoisotopic (exact) mass is 291 g/mol. The van der Waals surface area contributed by atoms with Gasteiger partial charge in [0.2, 0.25) is 0 Å². The van der Waals surface area contributed by atoms with Gasteiger partial charge in [-0.15, -0.1) is 0 Å². The van der Waals surface area contributed by atoms with Crippen LogP contribution in [-0.4, -0.2) is 24.4 Å². The fraction of sp³-hybridized carbons (Fsp3) is 0.667. The molecule has 118 valence electrons. The molecule has 1 aliphatic rings. The van der Waals surface area contributed by atoms with Crippen molar-refractivity contribution in [2.24, 2.45) is 17.1 Å². The van der Waals surface area contributed by atoms with E-state index in [-0.39, 0.29) is 19.3 Å². The second kappa shape index (κ2) is 6.47. The predicted molar refractivity (Wildman–Crippen MR) is 85.9 cm³/mol. The van der Waals surface area contributed by atoms with E-state index in [2.05, 4.69) is 20.8 Å². The summed E-state index contributed by atoms with van der Waals surface area (Å²) in [5.41, 5.74) is 5.86. The molecule has 0 heterocycles. The molecule has 3 unspecified atom stereocenters. The van der Waals surface area contributed by atoms with Gasteiger partial charge in [0.05, 0.1) is 12.7 Å². The summed E-state index contributed by atoms with van der Waals surface area (Å²) in [5, 5.41) is 10.8. The van der Waals surface area contributed by atoms with E-state index in [4.69, 9.17) is 10.5 Å². The molecule has 3 nitrogen and oxygen atoms in total. The van der Waals surface area contributed by atoms with Crippen LogP contribution in [0.1, 0.15) is 45.6 Å². The molecular formula is C18H29NO2. The van der Waals surface area contributed by atoms with Crippen molar-refractivity contribution in [2.75, 3.05) is 13.2 Å². The first kappa shape index (κ1) is 16.5. The summed E-state index contributed by atoms with van der Waals surface area (Å²) in [4.78, 5) is 0. The Morgan fingerprint density at radius 1 is 1.29 bits per heavy atom. The highest BCUT2D eigenvalue weighted by atomic mass is 16.5. The van der Waals surface area contributed by atoms with E-state index in [0.717, 1.165) is 18.4 Å². The van der Waals surface area contributed by atoms with Crippen LogP contribution in [0.5, 0.6) is 0 Å². The number of nitrogens with two attached hydrogens (primary N) is 1. The van der Waals surface area contributed by atoms with E-state index < -0.39 is 5.60 Å². The fourth-order valence-corrected chi connectivity index (χ4v) is 3.65. The summed E-state index contributed by atoms with van der Waals surface area (Å²) >= 11 is 0. The number of rotatable bonds is 5. The van der Waals surface area contributed by atoms with E-state index in [0.29, 0.717) is 11.3 Å². The Bertz CT molecular complexity index is 446. The lowest BCUT2D eigenvalue weighted by Gasteiger charge is -2.40. The molecule has 0 aromatic heterocycles. The molecule has 3 N–H and O–H groups in total. The molecule has 1 aliphatic carbocycles. The molecule has 1 aromatic rings. The number of ether oxygens (including phenoxy) is 1. The van der Waals surface area contributed by atoms with Gasteiger partial charge in [0.1, 0.15) is 5.60 Å². The summed E-state index contributed by atoms with van der Waals surface area (Å²) in [5.74, 6) is 0.668. The van der Waals surface area contributed by atoms with Crippen molar-refractivity contribution in [3.8, 4) is 0 Å². The Labute approximate surface area is 128 Å². The van der Waals surface area contributed by atoms with E-state index in [1.807, 2.05) is 30.3 Å². The molecule has 2 rings (SSSR count). The number of aliphatic hydroxyl groups is 1. The summed E-state index contributed by atoms with van der Waals surface area (Å²) in [6.07, 6.45) is 3.57. The maximum absolute atomic E-state index is 10.8. The Morgan fingerprint density at radius 3 is 2.52 bits per heavy atom. The van der Waals surface area contributed by atoms with Gasteiger partial charge in [-0.1, -0.05) is 51.1 Å². The van der Waals surface area contributed by atoms with Crippen LogP contribution in [0.3, 0.4) is 0 Å². The second-order valence-corrected chi connectivity index (χ2v) is 7.45. The minimum Gasteiger partial charge on any atom is -0.381 e. The van der Waals surface area contributed by atoms with Gasteiger partial charge in [-0.3, -0.25) is 0 Å². The molecule has 0 bridgehead atoms. The van der Waals surface area contributed by atoms with Gasteiger partial charge in [-0.05, 0) is 36.2 Å². The second-order valence-electron chi connectivity index (χ2n) is 7.45. The zero-order chi connectivity index (χ0) is 15.5. The van der Waals surface area contributed by atoms with Crippen LogP contribution in [-0.2, 0) is 10.3 Å². The van der Waals surface area contributed by atoms with E-state index in [9.17, 15) is 5.11 Å². The van der Waals surface area contributed by atoms with Crippen molar-refractivity contribution >= 4 is 0 Å². The van der Waals surface area contributed by atoms with Crippen LogP contribution in [0.25, 0.3) is 0 Å². The zero-order valence-electron chi connectivity index (χ0n) is 13.5. The highest BCUT2D eigenvalue weighted by Crippen LogP contribution is 2.40. The molecular weight excluding hydrogens is 262 g/mol. The third kappa shape index (κ3) is 4.29. The standard InChI is InChI=1S/C18H29NO2/c1-14-9-16(11-17(2,3)10-14)21-13-18(20,12-19)15-7-5-4-6-8-15/h4-8,14,16,20H,9-13,19H2,1-3H3. The first-order valence-electron chi connectivity index (χ1n) is 7.94. The molecule has 0 spiro atoms. The Morgan fingerprint density at radius 2 is 1.95 bits per heavy atom. The van der Waals surface area contributed by atoms with Crippen molar-refractivity contribution in [1.29, 1.82) is 0 Å². The molecule has 0 aliphatic heterocycles. The maximum atomic E-state index is 10.8. The van der Waals surface area contributed by atoms with Crippen LogP contribution in [0.4, 0.5) is 0 Å². The maximum Gasteiger partial charge on any atom is 0.125 e. The predicted octanol–water partition coefficient (Wildman–Crippen LogP) is 3.06. The molecule has 0 saturated heterocycles. The quantitative estimate of drug-likeness (QED) is 0.876. The van der Waals surface area contributed by atoms with E-state index in [1.54, 1.807) is 0 Å². The molecule has 0 amide bonds. The first-order valence-corrected chi connectivity index (χ1v) is 7.94. The van der Waals surface area contributed by atoms with Gasteiger partial charge in [0.15, 0.2) is 0 Å². The number of benzene rings is 1. The van der Waals surface area contributed by atoms with Gasteiger partial charge in [0, 0.05) is 6.54 Å². The summed E-state index contributed by atoms with van der Waals surface area (Å²) in [6, 6.07) is 9.59. The van der Waals surface area contributed by atoms with Crippen LogP contribution in [0.2, 0.25) is 0 Å². The van der Waals surface area contributed by atoms with Crippen LogP contribution in [0.15, 0.2) is 30.3 Å². The van der Waals surface area contributed by atoms with Crippen molar-refractivity contribution in [1.82, 2.24) is 0 Å². The average Bonchev–Trinajstić information content (AvgIpc) is 2.44. The lowest BCUT2D eigenvalue weighted by Crippen LogP contribution is -2.42. The topological polar surface area (TPSA) is 55.5 Å². The normalized spacial score (nSPS) is 28.0. The lowest BCUT2D eigenvalue weighted by atomic mass is 9.71. The summed E-state index contributed by atoms with van der Waals surface area (Å²) in [6.45, 7) is 7.31. The lowest BCUT2D eigenvalue weighted by molar-refractivity contribution is -0.0978. The van der Waals surface area contributed by atoms with Gasteiger partial charge in [0.25, 0.3) is 0 Å². The van der Waals surface area contributed by atoms with Crippen molar-refractivity contribution in [3.63, 3.8) is 0 Å². The van der Waals surface area contributed by atoms with Crippen LogP contribution in [0, 0.1) is 11.3 Å². The Kier molecular flexibility index (Phi) is 5.07. The minimum absolute atomic E-state index is 0.169. The van der Waals surface area contributed by atoms with E-state index >= 15 is 0 Å². The van der Waals surface area contributed by atoms with Crippen molar-refractivity contribution in [3.05, 3.63) is 35.9 Å². The first-order chi connectivity index (χ1) is 9.85. The highest BCUT2D eigenvalue weighted by molar-refractivity contribution is 5.22. The third-order valence-electron chi connectivity index (χ3n) is 4.55. The largest absolute Gasteiger partial charge is 0.381 e. The summed E-state index contributed by atoms with van der Waals surface area (Å²) < 4.78 is 6.07. The highest BCUT2D eigenvalue weighted by Gasteiger charge is 2.35. The summed E-state index contributed by atoms with van der Waals surface area (Å²) in [7, 11) is 0. The average molecular weight is 291 g/mol. The van der Waals surface area contributed by atoms with Gasteiger partial charge in [-0.25, -0.2) is 0 Å². The number of hydrogen-bond acceptors (Lipinski definition) is 3. The van der Waals surface area contributed by atoms with Gasteiger partial charge < -0.3 is 15.6 Å². The van der Waals surface area contributed by atoms with Crippen LogP contribution >= 0.6 is 0 Å².